The second-order valence-corrected chi connectivity index (χ2v) is 6.79. The third-order valence-corrected chi connectivity index (χ3v) is 5.03. The van der Waals surface area contributed by atoms with Crippen LogP contribution in [0.25, 0.3) is 0 Å². The SMILES string of the molecule is O=C1C[C@H](N2CCCCC2)C(=O)N1c1ccc(Oc2ccccc2)cc1. The van der Waals surface area contributed by atoms with Crippen LogP contribution in [-0.2, 0) is 9.59 Å². The van der Waals surface area contributed by atoms with Crippen LogP contribution in [0, 0.1) is 0 Å². The van der Waals surface area contributed by atoms with Crippen LogP contribution in [-0.4, -0.2) is 35.8 Å². The maximum atomic E-state index is 12.8. The molecule has 2 aromatic rings. The van der Waals surface area contributed by atoms with Gasteiger partial charge in [-0.15, -0.1) is 0 Å². The van der Waals surface area contributed by atoms with E-state index in [0.717, 1.165) is 31.7 Å². The molecule has 2 aromatic carbocycles. The highest BCUT2D eigenvalue weighted by Crippen LogP contribution is 2.29. The Kier molecular flexibility index (Phi) is 4.71. The Morgan fingerprint density at radius 1 is 0.808 bits per heavy atom. The molecule has 4 rings (SSSR count). The number of hydrogen-bond acceptors (Lipinski definition) is 4. The number of nitrogens with zero attached hydrogens (tertiary/aromatic N) is 2. The lowest BCUT2D eigenvalue weighted by Gasteiger charge is -2.30. The summed E-state index contributed by atoms with van der Waals surface area (Å²) in [6.45, 7) is 1.81. The summed E-state index contributed by atoms with van der Waals surface area (Å²) in [6, 6.07) is 16.3. The predicted octanol–water partition coefficient (Wildman–Crippen LogP) is 3.60. The molecule has 0 spiro atoms. The van der Waals surface area contributed by atoms with Crippen molar-refractivity contribution in [2.24, 2.45) is 0 Å². The zero-order valence-electron chi connectivity index (χ0n) is 14.6. The van der Waals surface area contributed by atoms with Gasteiger partial charge >= 0.3 is 0 Å². The number of amides is 2. The molecule has 0 saturated carbocycles. The molecule has 26 heavy (non-hydrogen) atoms. The van der Waals surface area contributed by atoms with Gasteiger partial charge in [-0.2, -0.15) is 0 Å². The van der Waals surface area contributed by atoms with Gasteiger partial charge in [-0.25, -0.2) is 4.90 Å². The molecule has 0 aliphatic carbocycles. The number of anilines is 1. The van der Waals surface area contributed by atoms with E-state index in [4.69, 9.17) is 4.74 Å². The van der Waals surface area contributed by atoms with Crippen molar-refractivity contribution in [2.45, 2.75) is 31.7 Å². The van der Waals surface area contributed by atoms with Gasteiger partial charge in [0.2, 0.25) is 5.91 Å². The van der Waals surface area contributed by atoms with Crippen LogP contribution in [0.5, 0.6) is 11.5 Å². The highest BCUT2D eigenvalue weighted by molar-refractivity contribution is 6.22. The van der Waals surface area contributed by atoms with Crippen LogP contribution in [0.4, 0.5) is 5.69 Å². The van der Waals surface area contributed by atoms with E-state index in [1.165, 1.54) is 11.3 Å². The first kappa shape index (κ1) is 16.8. The highest BCUT2D eigenvalue weighted by Gasteiger charge is 2.42. The van der Waals surface area contributed by atoms with E-state index in [9.17, 15) is 9.59 Å². The average molecular weight is 350 g/mol. The van der Waals surface area contributed by atoms with Crippen LogP contribution in [0.2, 0.25) is 0 Å². The number of imide groups is 1. The van der Waals surface area contributed by atoms with E-state index in [0.29, 0.717) is 11.4 Å². The monoisotopic (exact) mass is 350 g/mol. The zero-order valence-corrected chi connectivity index (χ0v) is 14.6. The van der Waals surface area contributed by atoms with E-state index in [2.05, 4.69) is 4.90 Å². The lowest BCUT2D eigenvalue weighted by Crippen LogP contribution is -2.44. The van der Waals surface area contributed by atoms with Crippen molar-refractivity contribution < 1.29 is 14.3 Å². The van der Waals surface area contributed by atoms with E-state index in [1.807, 2.05) is 30.3 Å². The molecule has 0 radical (unpaired) electrons. The van der Waals surface area contributed by atoms with E-state index < -0.39 is 0 Å². The lowest BCUT2D eigenvalue weighted by molar-refractivity contribution is -0.123. The van der Waals surface area contributed by atoms with Crippen LogP contribution in [0.3, 0.4) is 0 Å². The molecule has 0 aromatic heterocycles. The largest absolute Gasteiger partial charge is 0.457 e. The molecule has 0 unspecified atom stereocenters. The maximum absolute atomic E-state index is 12.8. The molecule has 2 aliphatic rings. The van der Waals surface area contributed by atoms with Gasteiger partial charge in [-0.1, -0.05) is 24.6 Å². The van der Waals surface area contributed by atoms with Gasteiger partial charge in [0.15, 0.2) is 0 Å². The molecule has 2 aliphatic heterocycles. The van der Waals surface area contributed by atoms with Crippen molar-refractivity contribution in [3.05, 3.63) is 54.6 Å². The number of piperidine rings is 1. The molecule has 0 bridgehead atoms. The molecule has 2 fully saturated rings. The topological polar surface area (TPSA) is 49.9 Å². The minimum atomic E-state index is -0.303. The van der Waals surface area contributed by atoms with Gasteiger partial charge in [0, 0.05) is 0 Å². The first-order valence-electron chi connectivity index (χ1n) is 9.16. The molecular formula is C21H22N2O3. The van der Waals surface area contributed by atoms with Gasteiger partial charge < -0.3 is 4.74 Å². The Bertz CT molecular complexity index is 783. The van der Waals surface area contributed by atoms with Crippen molar-refractivity contribution in [1.82, 2.24) is 4.90 Å². The molecule has 2 amide bonds. The number of carbonyl (C=O) groups is 2. The quantitative estimate of drug-likeness (QED) is 0.791. The van der Waals surface area contributed by atoms with Gasteiger partial charge in [0.25, 0.3) is 5.91 Å². The molecular weight excluding hydrogens is 328 g/mol. The fraction of sp³-hybridized carbons (Fsp3) is 0.333. The summed E-state index contributed by atoms with van der Waals surface area (Å²) < 4.78 is 5.77. The number of benzene rings is 2. The standard InChI is InChI=1S/C21H22N2O3/c24-20-15-19(22-13-5-2-6-14-22)21(25)23(20)16-9-11-18(12-10-16)26-17-7-3-1-4-8-17/h1,3-4,7-12,19H,2,5-6,13-15H2/t19-/m0/s1. The minimum Gasteiger partial charge on any atom is -0.457 e. The van der Waals surface area contributed by atoms with Crippen molar-refractivity contribution in [1.29, 1.82) is 0 Å². The molecule has 0 N–H and O–H groups in total. The van der Waals surface area contributed by atoms with E-state index in [-0.39, 0.29) is 24.3 Å². The molecule has 1 atom stereocenters. The van der Waals surface area contributed by atoms with Crippen LogP contribution < -0.4 is 9.64 Å². The Morgan fingerprint density at radius 3 is 2.15 bits per heavy atom. The lowest BCUT2D eigenvalue weighted by atomic mass is 10.1. The Morgan fingerprint density at radius 2 is 1.46 bits per heavy atom. The van der Waals surface area contributed by atoms with Crippen molar-refractivity contribution >= 4 is 17.5 Å². The maximum Gasteiger partial charge on any atom is 0.251 e. The average Bonchev–Trinajstić information content (AvgIpc) is 2.98. The zero-order chi connectivity index (χ0) is 17.9. The summed E-state index contributed by atoms with van der Waals surface area (Å²) in [5.41, 5.74) is 0.611. The number of likely N-dealkylation sites (tertiary alicyclic amines) is 1. The summed E-state index contributed by atoms with van der Waals surface area (Å²) in [4.78, 5) is 28.8. The predicted molar refractivity (Wildman–Crippen MR) is 99.3 cm³/mol. The number of rotatable bonds is 4. The Balaban J connectivity index is 1.48. The molecule has 2 saturated heterocycles. The fourth-order valence-corrected chi connectivity index (χ4v) is 3.69. The Labute approximate surface area is 153 Å². The second-order valence-electron chi connectivity index (χ2n) is 6.79. The molecule has 5 heteroatoms. The van der Waals surface area contributed by atoms with Crippen LogP contribution in [0.1, 0.15) is 25.7 Å². The third kappa shape index (κ3) is 3.35. The van der Waals surface area contributed by atoms with E-state index in [1.54, 1.807) is 24.3 Å². The second kappa shape index (κ2) is 7.30. The number of ether oxygens (including phenoxy) is 1. The van der Waals surface area contributed by atoms with Gasteiger partial charge in [0.05, 0.1) is 18.2 Å². The number of carbonyl (C=O) groups excluding carboxylic acids is 2. The summed E-state index contributed by atoms with van der Waals surface area (Å²) in [6.07, 6.45) is 3.69. The summed E-state index contributed by atoms with van der Waals surface area (Å²) in [5.74, 6) is 1.20. The van der Waals surface area contributed by atoms with Gasteiger partial charge in [-0.05, 0) is 62.3 Å². The highest BCUT2D eigenvalue weighted by atomic mass is 16.5. The first-order valence-corrected chi connectivity index (χ1v) is 9.16. The number of hydrogen-bond donors (Lipinski definition) is 0. The fourth-order valence-electron chi connectivity index (χ4n) is 3.69. The number of para-hydroxylation sites is 1. The smallest absolute Gasteiger partial charge is 0.251 e. The first-order chi connectivity index (χ1) is 12.7. The minimum absolute atomic E-state index is 0.103. The normalized spacial score (nSPS) is 21.2. The van der Waals surface area contributed by atoms with Gasteiger partial charge in [0.1, 0.15) is 11.5 Å². The van der Waals surface area contributed by atoms with Crippen LogP contribution in [0.15, 0.2) is 54.6 Å². The summed E-state index contributed by atoms with van der Waals surface area (Å²) in [7, 11) is 0. The third-order valence-electron chi connectivity index (χ3n) is 5.03. The molecule has 5 nitrogen and oxygen atoms in total. The van der Waals surface area contributed by atoms with Crippen LogP contribution >= 0.6 is 0 Å². The van der Waals surface area contributed by atoms with Crippen molar-refractivity contribution in [3.8, 4) is 11.5 Å². The van der Waals surface area contributed by atoms with E-state index >= 15 is 0 Å². The molecule has 134 valence electrons. The summed E-state index contributed by atoms with van der Waals surface area (Å²) >= 11 is 0. The van der Waals surface area contributed by atoms with Crippen molar-refractivity contribution in [2.75, 3.05) is 18.0 Å². The summed E-state index contributed by atoms with van der Waals surface area (Å²) in [5, 5.41) is 0. The van der Waals surface area contributed by atoms with Gasteiger partial charge in [-0.3, -0.25) is 14.5 Å². The Hall–Kier alpha value is -2.66. The molecule has 2 heterocycles. The van der Waals surface area contributed by atoms with Crippen molar-refractivity contribution in [3.63, 3.8) is 0 Å².